The van der Waals surface area contributed by atoms with Crippen LogP contribution in [0.4, 0.5) is 0 Å². The second-order valence-electron chi connectivity index (χ2n) is 7.04. The molecule has 1 amide bonds. The van der Waals surface area contributed by atoms with Crippen LogP contribution in [0.5, 0.6) is 17.2 Å². The number of benzene rings is 2. The molecule has 0 heterocycles. The molecule has 2 rings (SSSR count). The third kappa shape index (κ3) is 6.53. The lowest BCUT2D eigenvalue weighted by Crippen LogP contribution is -2.37. The van der Waals surface area contributed by atoms with Gasteiger partial charge in [-0.05, 0) is 41.8 Å². The quantitative estimate of drug-likeness (QED) is 0.471. The highest BCUT2D eigenvalue weighted by molar-refractivity contribution is 5.94. The first-order valence-corrected chi connectivity index (χ1v) is 9.97. The van der Waals surface area contributed by atoms with Crippen molar-refractivity contribution in [3.63, 3.8) is 0 Å². The first kappa shape index (κ1) is 23.9. The van der Waals surface area contributed by atoms with E-state index >= 15 is 0 Å². The summed E-state index contributed by atoms with van der Waals surface area (Å²) in [6.07, 6.45) is 0.763. The number of guanidine groups is 1. The van der Waals surface area contributed by atoms with Crippen molar-refractivity contribution in [2.24, 2.45) is 4.99 Å². The first-order valence-electron chi connectivity index (χ1n) is 9.97. The lowest BCUT2D eigenvalue weighted by Gasteiger charge is -2.16. The van der Waals surface area contributed by atoms with Crippen LogP contribution in [0.15, 0.2) is 41.4 Å². The third-order valence-electron chi connectivity index (χ3n) is 4.69. The van der Waals surface area contributed by atoms with Crippen LogP contribution >= 0.6 is 0 Å². The summed E-state index contributed by atoms with van der Waals surface area (Å²) < 4.78 is 16.2. The van der Waals surface area contributed by atoms with Crippen molar-refractivity contribution >= 4 is 11.9 Å². The van der Waals surface area contributed by atoms with E-state index in [-0.39, 0.29) is 5.91 Å². The third-order valence-corrected chi connectivity index (χ3v) is 4.69. The lowest BCUT2D eigenvalue weighted by molar-refractivity contribution is 0.0827. The van der Waals surface area contributed by atoms with Crippen molar-refractivity contribution < 1.29 is 19.0 Å². The molecule has 0 atom stereocenters. The topological polar surface area (TPSA) is 84.4 Å². The molecule has 0 unspecified atom stereocenters. The summed E-state index contributed by atoms with van der Waals surface area (Å²) in [4.78, 5) is 18.0. The maximum absolute atomic E-state index is 12.1. The van der Waals surface area contributed by atoms with Crippen molar-refractivity contribution in [1.82, 2.24) is 15.5 Å². The zero-order chi connectivity index (χ0) is 22.8. The Labute approximate surface area is 184 Å². The van der Waals surface area contributed by atoms with Gasteiger partial charge in [0.2, 0.25) is 5.75 Å². The van der Waals surface area contributed by atoms with E-state index in [1.54, 1.807) is 47.4 Å². The highest BCUT2D eigenvalue weighted by Gasteiger charge is 2.13. The van der Waals surface area contributed by atoms with Crippen LogP contribution in [0.25, 0.3) is 0 Å². The Morgan fingerprint density at radius 1 is 0.968 bits per heavy atom. The van der Waals surface area contributed by atoms with Gasteiger partial charge in [-0.1, -0.05) is 12.1 Å². The predicted octanol–water partition coefficient (Wildman–Crippen LogP) is 2.32. The SMILES string of the molecule is CN=C(NCCc1cccc(C(=O)N(C)C)c1)NCc1cc(OC)c(OC)c(OC)c1. The Morgan fingerprint density at radius 2 is 1.65 bits per heavy atom. The number of carbonyl (C=O) groups excluding carboxylic acids is 1. The molecule has 0 fully saturated rings. The van der Waals surface area contributed by atoms with Gasteiger partial charge in [-0.15, -0.1) is 0 Å². The molecule has 31 heavy (non-hydrogen) atoms. The summed E-state index contributed by atoms with van der Waals surface area (Å²) in [5.74, 6) is 2.45. The predicted molar refractivity (Wildman–Crippen MR) is 122 cm³/mol. The summed E-state index contributed by atoms with van der Waals surface area (Å²) in [7, 11) is 9.99. The smallest absolute Gasteiger partial charge is 0.253 e. The molecule has 0 radical (unpaired) electrons. The van der Waals surface area contributed by atoms with Gasteiger partial charge in [0.05, 0.1) is 21.3 Å². The maximum atomic E-state index is 12.1. The largest absolute Gasteiger partial charge is 0.493 e. The second-order valence-corrected chi connectivity index (χ2v) is 7.04. The van der Waals surface area contributed by atoms with Gasteiger partial charge in [-0.3, -0.25) is 9.79 Å². The number of hydrogen-bond donors (Lipinski definition) is 2. The normalized spacial score (nSPS) is 11.0. The number of amides is 1. The van der Waals surface area contributed by atoms with Crippen LogP contribution in [0, 0.1) is 0 Å². The fourth-order valence-corrected chi connectivity index (χ4v) is 3.09. The summed E-state index contributed by atoms with van der Waals surface area (Å²) in [5.41, 5.74) is 2.74. The van der Waals surface area contributed by atoms with Crippen molar-refractivity contribution in [3.8, 4) is 17.2 Å². The molecule has 0 aliphatic carbocycles. The average Bonchev–Trinajstić information content (AvgIpc) is 2.79. The average molecular weight is 429 g/mol. The van der Waals surface area contributed by atoms with Crippen molar-refractivity contribution in [1.29, 1.82) is 0 Å². The Balaban J connectivity index is 1.94. The van der Waals surface area contributed by atoms with Crippen molar-refractivity contribution in [3.05, 3.63) is 53.1 Å². The summed E-state index contributed by atoms with van der Waals surface area (Å²) in [5, 5.41) is 6.58. The molecule has 0 spiro atoms. The monoisotopic (exact) mass is 428 g/mol. The van der Waals surface area contributed by atoms with E-state index in [1.165, 1.54) is 0 Å². The van der Waals surface area contributed by atoms with Crippen LogP contribution in [0.1, 0.15) is 21.5 Å². The molecule has 2 aromatic rings. The number of nitrogens with one attached hydrogen (secondary N) is 2. The Kier molecular flexibility index (Phi) is 8.99. The highest BCUT2D eigenvalue weighted by Crippen LogP contribution is 2.38. The van der Waals surface area contributed by atoms with Gasteiger partial charge in [-0.25, -0.2) is 0 Å². The number of carbonyl (C=O) groups is 1. The van der Waals surface area contributed by atoms with Crippen LogP contribution in [-0.4, -0.2) is 65.8 Å². The molecule has 8 nitrogen and oxygen atoms in total. The van der Waals surface area contributed by atoms with Gasteiger partial charge in [-0.2, -0.15) is 0 Å². The zero-order valence-electron chi connectivity index (χ0n) is 19.1. The molecule has 2 N–H and O–H groups in total. The van der Waals surface area contributed by atoms with Gasteiger partial charge in [0.25, 0.3) is 5.91 Å². The standard InChI is InChI=1S/C23H32N4O4/c1-24-23(25-11-10-16-8-7-9-18(12-16)22(28)27(2)3)26-15-17-13-19(29-4)21(31-6)20(14-17)30-5/h7-9,12-14H,10-11,15H2,1-6H3,(H2,24,25,26). The molecule has 0 bridgehead atoms. The van der Waals surface area contributed by atoms with E-state index in [0.717, 1.165) is 17.5 Å². The molecule has 168 valence electrons. The number of ether oxygens (including phenoxy) is 3. The van der Waals surface area contributed by atoms with Gasteiger partial charge >= 0.3 is 0 Å². The van der Waals surface area contributed by atoms with Crippen molar-refractivity contribution in [2.75, 3.05) is 49.0 Å². The van der Waals surface area contributed by atoms with Crippen LogP contribution < -0.4 is 24.8 Å². The van der Waals surface area contributed by atoms with E-state index in [2.05, 4.69) is 15.6 Å². The van der Waals surface area contributed by atoms with E-state index in [4.69, 9.17) is 14.2 Å². The molecule has 8 heteroatoms. The number of methoxy groups -OCH3 is 3. The number of aliphatic imine (C=N–C) groups is 1. The highest BCUT2D eigenvalue weighted by atomic mass is 16.5. The van der Waals surface area contributed by atoms with Gasteiger partial charge in [0.1, 0.15) is 0 Å². The zero-order valence-corrected chi connectivity index (χ0v) is 19.1. The molecule has 2 aromatic carbocycles. The molecule has 0 aliphatic heterocycles. The Morgan fingerprint density at radius 3 is 2.19 bits per heavy atom. The van der Waals surface area contributed by atoms with Crippen LogP contribution in [-0.2, 0) is 13.0 Å². The minimum Gasteiger partial charge on any atom is -0.493 e. The van der Waals surface area contributed by atoms with E-state index in [9.17, 15) is 4.79 Å². The number of rotatable bonds is 9. The Hall–Kier alpha value is -3.42. The summed E-state index contributed by atoms with van der Waals surface area (Å²) >= 11 is 0. The summed E-state index contributed by atoms with van der Waals surface area (Å²) in [6, 6.07) is 11.5. The van der Waals surface area contributed by atoms with Gasteiger partial charge in [0, 0.05) is 39.8 Å². The van der Waals surface area contributed by atoms with E-state index in [0.29, 0.717) is 41.9 Å². The van der Waals surface area contributed by atoms with Crippen LogP contribution in [0.2, 0.25) is 0 Å². The van der Waals surface area contributed by atoms with Crippen LogP contribution in [0.3, 0.4) is 0 Å². The molecule has 0 aromatic heterocycles. The minimum absolute atomic E-state index is 0.00219. The minimum atomic E-state index is -0.00219. The van der Waals surface area contributed by atoms with Gasteiger partial charge in [0.15, 0.2) is 17.5 Å². The summed E-state index contributed by atoms with van der Waals surface area (Å²) in [6.45, 7) is 1.21. The number of hydrogen-bond acceptors (Lipinski definition) is 5. The first-order chi connectivity index (χ1) is 14.9. The molecular weight excluding hydrogens is 396 g/mol. The van der Waals surface area contributed by atoms with E-state index in [1.807, 2.05) is 36.4 Å². The Bertz CT molecular complexity index is 887. The molecule has 0 aliphatic rings. The second kappa shape index (κ2) is 11.7. The molecular formula is C23H32N4O4. The van der Waals surface area contributed by atoms with E-state index < -0.39 is 0 Å². The number of nitrogens with zero attached hydrogens (tertiary/aromatic N) is 2. The molecule has 0 saturated heterocycles. The fraction of sp³-hybridized carbons (Fsp3) is 0.391. The molecule has 0 saturated carbocycles. The lowest BCUT2D eigenvalue weighted by atomic mass is 10.1. The fourth-order valence-electron chi connectivity index (χ4n) is 3.09. The van der Waals surface area contributed by atoms with Crippen molar-refractivity contribution in [2.45, 2.75) is 13.0 Å². The maximum Gasteiger partial charge on any atom is 0.253 e. The van der Waals surface area contributed by atoms with Gasteiger partial charge < -0.3 is 29.7 Å².